The fraction of sp³-hybridized carbons (Fsp3) is 0.364. The molecule has 6 nitrogen and oxygen atoms in total. The molecular formula is C11H13IN2O4S. The quantitative estimate of drug-likeness (QED) is 0.466. The number of nitrogens with zero attached hydrogens (tertiary/aromatic N) is 1. The van der Waals surface area contributed by atoms with Crippen LogP contribution in [-0.4, -0.2) is 33.1 Å². The number of rotatable bonds is 5. The predicted octanol–water partition coefficient (Wildman–Crippen LogP) is 1.70. The van der Waals surface area contributed by atoms with E-state index in [0.29, 0.717) is 3.57 Å². The number of hydrogen-bond acceptors (Lipinski definition) is 4. The summed E-state index contributed by atoms with van der Waals surface area (Å²) in [5.41, 5.74) is 0.126. The van der Waals surface area contributed by atoms with Crippen molar-refractivity contribution in [2.75, 3.05) is 12.8 Å². The number of nitrogens with one attached hydrogen (secondary N) is 1. The summed E-state index contributed by atoms with van der Waals surface area (Å²) >= 11 is 1.94. The molecule has 0 spiro atoms. The van der Waals surface area contributed by atoms with Gasteiger partial charge in [-0.3, -0.25) is 19.1 Å². The minimum absolute atomic E-state index is 0.127. The summed E-state index contributed by atoms with van der Waals surface area (Å²) in [6.45, 7) is 2.02. The van der Waals surface area contributed by atoms with Crippen LogP contribution in [0.1, 0.15) is 17.3 Å². The first kappa shape index (κ1) is 16.0. The smallest absolute Gasteiger partial charge is 0.270 e. The highest BCUT2D eigenvalue weighted by atomic mass is 127. The first-order valence-electron chi connectivity index (χ1n) is 5.37. The molecule has 1 N–H and O–H groups in total. The van der Waals surface area contributed by atoms with Crippen LogP contribution in [0.4, 0.5) is 5.69 Å². The van der Waals surface area contributed by atoms with E-state index in [1.807, 2.05) is 22.6 Å². The number of carbonyl (C=O) groups is 1. The lowest BCUT2D eigenvalue weighted by molar-refractivity contribution is -0.384. The average molecular weight is 396 g/mol. The molecule has 1 amide bonds. The predicted molar refractivity (Wildman–Crippen MR) is 81.7 cm³/mol. The fourth-order valence-electron chi connectivity index (χ4n) is 1.25. The molecule has 0 bridgehead atoms. The zero-order chi connectivity index (χ0) is 14.6. The van der Waals surface area contributed by atoms with Gasteiger partial charge < -0.3 is 5.32 Å². The van der Waals surface area contributed by atoms with Gasteiger partial charge in [-0.05, 0) is 35.6 Å². The number of hydrogen-bond donors (Lipinski definition) is 1. The zero-order valence-corrected chi connectivity index (χ0v) is 13.4. The monoisotopic (exact) mass is 396 g/mol. The van der Waals surface area contributed by atoms with Gasteiger partial charge in [0.05, 0.1) is 10.5 Å². The first-order chi connectivity index (χ1) is 8.82. The van der Waals surface area contributed by atoms with E-state index in [1.165, 1.54) is 18.2 Å². The van der Waals surface area contributed by atoms with Crippen LogP contribution in [0.25, 0.3) is 0 Å². The van der Waals surface area contributed by atoms with E-state index < -0.39 is 21.6 Å². The third-order valence-electron chi connectivity index (χ3n) is 2.52. The number of nitro groups is 1. The molecule has 0 aromatic heterocycles. The molecule has 1 aromatic rings. The van der Waals surface area contributed by atoms with Gasteiger partial charge in [0.1, 0.15) is 0 Å². The topological polar surface area (TPSA) is 89.3 Å². The summed E-state index contributed by atoms with van der Waals surface area (Å²) in [7, 11) is -1.03. The Kier molecular flexibility index (Phi) is 5.85. The Balaban J connectivity index is 2.84. The van der Waals surface area contributed by atoms with Gasteiger partial charge >= 0.3 is 0 Å². The maximum Gasteiger partial charge on any atom is 0.270 e. The molecule has 8 heteroatoms. The molecule has 2 unspecified atom stereocenters. The molecule has 19 heavy (non-hydrogen) atoms. The van der Waals surface area contributed by atoms with Gasteiger partial charge in [-0.25, -0.2) is 0 Å². The highest BCUT2D eigenvalue weighted by molar-refractivity contribution is 14.1. The summed E-state index contributed by atoms with van der Waals surface area (Å²) in [4.78, 5) is 22.1. The normalized spacial score (nSPS) is 13.6. The fourth-order valence-corrected chi connectivity index (χ4v) is 2.15. The molecule has 1 aromatic carbocycles. The van der Waals surface area contributed by atoms with Crippen molar-refractivity contribution in [1.82, 2.24) is 5.32 Å². The molecule has 0 radical (unpaired) electrons. The number of benzene rings is 1. The zero-order valence-electron chi connectivity index (χ0n) is 10.4. The Morgan fingerprint density at radius 2 is 2.21 bits per heavy atom. The third-order valence-corrected chi connectivity index (χ3v) is 4.76. The lowest BCUT2D eigenvalue weighted by Crippen LogP contribution is -2.33. The van der Waals surface area contributed by atoms with E-state index in [1.54, 1.807) is 13.2 Å². The Bertz CT molecular complexity index is 535. The van der Waals surface area contributed by atoms with Crippen LogP contribution in [-0.2, 0) is 10.8 Å². The van der Waals surface area contributed by atoms with E-state index >= 15 is 0 Å². The van der Waals surface area contributed by atoms with Crippen molar-refractivity contribution in [2.24, 2.45) is 0 Å². The summed E-state index contributed by atoms with van der Waals surface area (Å²) in [6, 6.07) is 4.11. The highest BCUT2D eigenvalue weighted by Gasteiger charge is 2.16. The van der Waals surface area contributed by atoms with Crippen LogP contribution in [0.15, 0.2) is 18.2 Å². The van der Waals surface area contributed by atoms with Gasteiger partial charge in [0.15, 0.2) is 0 Å². The largest absolute Gasteiger partial charge is 0.351 e. The maximum absolute atomic E-state index is 11.9. The molecule has 0 aliphatic rings. The first-order valence-corrected chi connectivity index (χ1v) is 8.07. The lowest BCUT2D eigenvalue weighted by Gasteiger charge is -2.10. The summed E-state index contributed by atoms with van der Waals surface area (Å²) in [6.07, 6.45) is 1.56. The number of halogens is 1. The van der Waals surface area contributed by atoms with Gasteiger partial charge in [0.2, 0.25) is 0 Å². The van der Waals surface area contributed by atoms with Crippen molar-refractivity contribution in [1.29, 1.82) is 0 Å². The highest BCUT2D eigenvalue weighted by Crippen LogP contribution is 2.19. The maximum atomic E-state index is 11.9. The Morgan fingerprint density at radius 3 is 2.74 bits per heavy atom. The van der Waals surface area contributed by atoms with Crippen LogP contribution < -0.4 is 5.32 Å². The summed E-state index contributed by atoms with van der Waals surface area (Å²) in [5.74, 6) is -0.398. The van der Waals surface area contributed by atoms with Crippen molar-refractivity contribution in [3.05, 3.63) is 37.4 Å². The Morgan fingerprint density at radius 1 is 1.58 bits per heavy atom. The molecule has 0 aliphatic carbocycles. The van der Waals surface area contributed by atoms with Crippen LogP contribution in [0.3, 0.4) is 0 Å². The van der Waals surface area contributed by atoms with Gasteiger partial charge in [0.25, 0.3) is 11.6 Å². The van der Waals surface area contributed by atoms with Gasteiger partial charge in [-0.2, -0.15) is 0 Å². The minimum Gasteiger partial charge on any atom is -0.351 e. The van der Waals surface area contributed by atoms with Crippen molar-refractivity contribution >= 4 is 45.0 Å². The Hall–Kier alpha value is -1.03. The summed E-state index contributed by atoms with van der Waals surface area (Å²) in [5, 5.41) is 13.1. The van der Waals surface area contributed by atoms with Gasteiger partial charge in [-0.15, -0.1) is 0 Å². The Labute approximate surface area is 126 Å². The van der Waals surface area contributed by atoms with E-state index in [-0.39, 0.29) is 23.0 Å². The molecule has 0 heterocycles. The van der Waals surface area contributed by atoms with Crippen molar-refractivity contribution in [3.63, 3.8) is 0 Å². The second kappa shape index (κ2) is 6.94. The summed E-state index contributed by atoms with van der Waals surface area (Å²) < 4.78 is 11.8. The van der Waals surface area contributed by atoms with E-state index in [4.69, 9.17) is 0 Å². The van der Waals surface area contributed by atoms with Crippen molar-refractivity contribution in [2.45, 2.75) is 12.2 Å². The minimum atomic E-state index is -1.03. The van der Waals surface area contributed by atoms with Crippen LogP contribution in [0.5, 0.6) is 0 Å². The van der Waals surface area contributed by atoms with Crippen LogP contribution in [0, 0.1) is 13.7 Å². The van der Waals surface area contributed by atoms with Crippen LogP contribution >= 0.6 is 22.6 Å². The molecule has 0 saturated carbocycles. The molecule has 1 rings (SSSR count). The van der Waals surface area contributed by atoms with E-state index in [0.717, 1.165) is 0 Å². The van der Waals surface area contributed by atoms with Crippen molar-refractivity contribution < 1.29 is 13.9 Å². The SMILES string of the molecule is CC(CNC(=O)c1cc([N+](=O)[O-])ccc1I)S(C)=O. The third kappa shape index (κ3) is 4.53. The molecule has 104 valence electrons. The van der Waals surface area contributed by atoms with Crippen LogP contribution in [0.2, 0.25) is 0 Å². The number of nitro benzene ring substituents is 1. The number of non-ortho nitro benzene ring substituents is 1. The number of amides is 1. The molecule has 0 saturated heterocycles. The van der Waals surface area contributed by atoms with Gasteiger partial charge in [-0.1, -0.05) is 0 Å². The molecule has 2 atom stereocenters. The standard InChI is InChI=1S/C11H13IN2O4S/c1-7(19(2)18)6-13-11(15)9-5-8(14(16)17)3-4-10(9)12/h3-5,7H,6H2,1-2H3,(H,13,15). The van der Waals surface area contributed by atoms with E-state index in [9.17, 15) is 19.1 Å². The molecular weight excluding hydrogens is 383 g/mol. The van der Waals surface area contributed by atoms with E-state index in [2.05, 4.69) is 5.32 Å². The second-order valence-electron chi connectivity index (χ2n) is 3.94. The average Bonchev–Trinajstić information content (AvgIpc) is 2.35. The number of carbonyl (C=O) groups excluding carboxylic acids is 1. The van der Waals surface area contributed by atoms with Crippen molar-refractivity contribution in [3.8, 4) is 0 Å². The second-order valence-corrected chi connectivity index (χ2v) is 6.90. The molecule has 0 fully saturated rings. The molecule has 0 aliphatic heterocycles. The lowest BCUT2D eigenvalue weighted by atomic mass is 10.2. The van der Waals surface area contributed by atoms with Gasteiger partial charge in [0, 0.05) is 44.6 Å².